The van der Waals surface area contributed by atoms with Gasteiger partial charge in [-0.2, -0.15) is 5.10 Å². The Morgan fingerprint density at radius 1 is 1.83 bits per heavy atom. The number of nitrogens with zero attached hydrogens (tertiary/aromatic N) is 2. The van der Waals surface area contributed by atoms with E-state index in [9.17, 15) is 0 Å². The molecule has 0 radical (unpaired) electrons. The van der Waals surface area contributed by atoms with Gasteiger partial charge in [0.15, 0.2) is 0 Å². The van der Waals surface area contributed by atoms with Crippen LogP contribution in [-0.2, 0) is 7.05 Å². The summed E-state index contributed by atoms with van der Waals surface area (Å²) in [5.41, 5.74) is 4.69. The smallest absolute Gasteiger partial charge is 0.0671 e. The molecule has 12 heavy (non-hydrogen) atoms. The van der Waals surface area contributed by atoms with E-state index in [0.717, 1.165) is 11.3 Å². The van der Waals surface area contributed by atoms with Crippen LogP contribution in [0.25, 0.3) is 0 Å². The Bertz CT molecular complexity index is 277. The molecule has 0 spiro atoms. The first kappa shape index (κ1) is 8.96. The molecule has 0 bridgehead atoms. The fourth-order valence-corrected chi connectivity index (χ4v) is 1.21. The van der Waals surface area contributed by atoms with E-state index in [4.69, 9.17) is 5.84 Å². The predicted octanol–water partition coefficient (Wildman–Crippen LogP) is 0.419. The van der Waals surface area contributed by atoms with Gasteiger partial charge in [0.1, 0.15) is 0 Å². The molecular formula is C8H14N4. The lowest BCUT2D eigenvalue weighted by Gasteiger charge is -2.08. The van der Waals surface area contributed by atoms with Gasteiger partial charge >= 0.3 is 0 Å². The van der Waals surface area contributed by atoms with Crippen LogP contribution in [0.5, 0.6) is 0 Å². The Labute approximate surface area is 72.0 Å². The van der Waals surface area contributed by atoms with Crippen molar-refractivity contribution in [3.05, 3.63) is 30.1 Å². The summed E-state index contributed by atoms with van der Waals surface area (Å²) in [7, 11) is 1.88. The summed E-state index contributed by atoms with van der Waals surface area (Å²) in [6.07, 6.45) is 3.69. The average molecular weight is 166 g/mol. The van der Waals surface area contributed by atoms with Gasteiger partial charge in [-0.25, -0.2) is 5.43 Å². The lowest BCUT2D eigenvalue weighted by atomic mass is 10.1. The Balaban J connectivity index is 2.99. The van der Waals surface area contributed by atoms with E-state index in [-0.39, 0.29) is 6.04 Å². The second-order valence-electron chi connectivity index (χ2n) is 2.72. The van der Waals surface area contributed by atoms with Gasteiger partial charge in [-0.1, -0.05) is 6.08 Å². The molecule has 66 valence electrons. The van der Waals surface area contributed by atoms with Gasteiger partial charge in [-0.15, -0.1) is 6.58 Å². The van der Waals surface area contributed by atoms with Crippen LogP contribution in [0.15, 0.2) is 18.9 Å². The van der Waals surface area contributed by atoms with E-state index >= 15 is 0 Å². The van der Waals surface area contributed by atoms with Crippen LogP contribution in [0.4, 0.5) is 0 Å². The molecule has 0 aliphatic rings. The molecule has 0 aliphatic carbocycles. The summed E-state index contributed by atoms with van der Waals surface area (Å²) < 4.78 is 1.76. The Hall–Kier alpha value is -1.13. The zero-order valence-electron chi connectivity index (χ0n) is 7.41. The minimum absolute atomic E-state index is 0.0151. The van der Waals surface area contributed by atoms with Crippen molar-refractivity contribution in [3.8, 4) is 0 Å². The molecule has 0 fully saturated rings. The fraction of sp³-hybridized carbons (Fsp3) is 0.375. The van der Waals surface area contributed by atoms with Crippen molar-refractivity contribution in [2.45, 2.75) is 13.0 Å². The van der Waals surface area contributed by atoms with E-state index in [1.165, 1.54) is 0 Å². The lowest BCUT2D eigenvalue weighted by Crippen LogP contribution is -2.26. The number of hydrogen-bond acceptors (Lipinski definition) is 3. The number of hydrogen-bond donors (Lipinski definition) is 2. The SMILES string of the molecule is C=CC(NN)c1cn(C)nc1C. The summed E-state index contributed by atoms with van der Waals surface area (Å²) >= 11 is 0. The second kappa shape index (κ2) is 3.51. The molecule has 0 aliphatic heterocycles. The van der Waals surface area contributed by atoms with Gasteiger partial charge in [0.25, 0.3) is 0 Å². The topological polar surface area (TPSA) is 55.9 Å². The maximum Gasteiger partial charge on any atom is 0.0671 e. The maximum atomic E-state index is 5.34. The number of nitrogens with two attached hydrogens (primary N) is 1. The molecule has 1 atom stereocenters. The van der Waals surface area contributed by atoms with Crippen molar-refractivity contribution < 1.29 is 0 Å². The van der Waals surface area contributed by atoms with Crippen LogP contribution < -0.4 is 11.3 Å². The minimum Gasteiger partial charge on any atom is -0.275 e. The van der Waals surface area contributed by atoms with Crippen LogP contribution in [0.2, 0.25) is 0 Å². The summed E-state index contributed by atoms with van der Waals surface area (Å²) in [6, 6.07) is -0.0151. The largest absolute Gasteiger partial charge is 0.275 e. The third-order valence-electron chi connectivity index (χ3n) is 1.80. The minimum atomic E-state index is -0.0151. The monoisotopic (exact) mass is 166 g/mol. The van der Waals surface area contributed by atoms with Crippen LogP contribution in [0, 0.1) is 6.92 Å². The molecule has 3 N–H and O–H groups in total. The van der Waals surface area contributed by atoms with Gasteiger partial charge in [-0.3, -0.25) is 10.5 Å². The van der Waals surface area contributed by atoms with Gasteiger partial charge in [0.05, 0.1) is 11.7 Å². The highest BCUT2D eigenvalue weighted by Crippen LogP contribution is 2.15. The third kappa shape index (κ3) is 1.54. The van der Waals surface area contributed by atoms with E-state index in [1.54, 1.807) is 10.8 Å². The molecule has 4 heteroatoms. The van der Waals surface area contributed by atoms with Crippen molar-refractivity contribution in [2.24, 2.45) is 12.9 Å². The normalized spacial score (nSPS) is 12.9. The molecule has 0 saturated carbocycles. The number of aromatic nitrogens is 2. The number of hydrazine groups is 1. The molecule has 0 aromatic carbocycles. The standard InChI is InChI=1S/C8H14N4/c1-4-8(10-9)7-5-12(3)11-6(7)2/h4-5,8,10H,1,9H2,2-3H3. The highest BCUT2D eigenvalue weighted by molar-refractivity contribution is 5.23. The highest BCUT2D eigenvalue weighted by Gasteiger charge is 2.10. The summed E-state index contributed by atoms with van der Waals surface area (Å²) in [5.74, 6) is 5.34. The fourth-order valence-electron chi connectivity index (χ4n) is 1.21. The Morgan fingerprint density at radius 3 is 2.83 bits per heavy atom. The summed E-state index contributed by atoms with van der Waals surface area (Å²) in [5, 5.41) is 4.20. The number of nitrogens with one attached hydrogen (secondary N) is 1. The number of aryl methyl sites for hydroxylation is 2. The zero-order chi connectivity index (χ0) is 9.14. The van der Waals surface area contributed by atoms with Crippen LogP contribution in [-0.4, -0.2) is 9.78 Å². The molecule has 1 aromatic heterocycles. The van der Waals surface area contributed by atoms with Crippen LogP contribution in [0.1, 0.15) is 17.3 Å². The molecule has 0 amide bonds. The zero-order valence-corrected chi connectivity index (χ0v) is 7.41. The van der Waals surface area contributed by atoms with Crippen molar-refractivity contribution in [2.75, 3.05) is 0 Å². The van der Waals surface area contributed by atoms with Crippen molar-refractivity contribution in [1.29, 1.82) is 0 Å². The van der Waals surface area contributed by atoms with Gasteiger partial charge in [0.2, 0.25) is 0 Å². The van der Waals surface area contributed by atoms with Crippen molar-refractivity contribution >= 4 is 0 Å². The van der Waals surface area contributed by atoms with E-state index in [0.29, 0.717) is 0 Å². The van der Waals surface area contributed by atoms with Crippen LogP contribution >= 0.6 is 0 Å². The molecular weight excluding hydrogens is 152 g/mol. The predicted molar refractivity (Wildman–Crippen MR) is 48.2 cm³/mol. The van der Waals surface area contributed by atoms with Gasteiger partial charge in [0, 0.05) is 18.8 Å². The van der Waals surface area contributed by atoms with Crippen molar-refractivity contribution in [1.82, 2.24) is 15.2 Å². The first-order valence-electron chi connectivity index (χ1n) is 3.78. The summed E-state index contributed by atoms with van der Waals surface area (Å²) in [4.78, 5) is 0. The second-order valence-corrected chi connectivity index (χ2v) is 2.72. The molecule has 4 nitrogen and oxygen atoms in total. The first-order chi connectivity index (χ1) is 5.69. The van der Waals surface area contributed by atoms with E-state index in [2.05, 4.69) is 17.1 Å². The van der Waals surface area contributed by atoms with Gasteiger partial charge in [-0.05, 0) is 6.92 Å². The average Bonchev–Trinajstić information content (AvgIpc) is 2.34. The van der Waals surface area contributed by atoms with E-state index < -0.39 is 0 Å². The Kier molecular flexibility index (Phi) is 2.62. The molecule has 1 aromatic rings. The first-order valence-corrected chi connectivity index (χ1v) is 3.78. The molecule has 1 rings (SSSR count). The number of rotatable bonds is 3. The van der Waals surface area contributed by atoms with Gasteiger partial charge < -0.3 is 0 Å². The quantitative estimate of drug-likeness (QED) is 0.388. The summed E-state index contributed by atoms with van der Waals surface area (Å²) in [6.45, 7) is 5.63. The van der Waals surface area contributed by atoms with E-state index in [1.807, 2.05) is 20.2 Å². The maximum absolute atomic E-state index is 5.34. The van der Waals surface area contributed by atoms with Crippen molar-refractivity contribution in [3.63, 3.8) is 0 Å². The highest BCUT2D eigenvalue weighted by atomic mass is 15.3. The lowest BCUT2D eigenvalue weighted by molar-refractivity contribution is 0.653. The molecule has 0 saturated heterocycles. The van der Waals surface area contributed by atoms with Crippen LogP contribution in [0.3, 0.4) is 0 Å². The molecule has 1 unspecified atom stereocenters. The third-order valence-corrected chi connectivity index (χ3v) is 1.80. The molecule has 1 heterocycles. The Morgan fingerprint density at radius 2 is 2.50 bits per heavy atom.